The van der Waals surface area contributed by atoms with E-state index in [4.69, 9.17) is 4.74 Å². The predicted molar refractivity (Wildman–Crippen MR) is 142 cm³/mol. The first-order chi connectivity index (χ1) is 17.2. The molecule has 1 aliphatic heterocycles. The van der Waals surface area contributed by atoms with E-state index in [1.54, 1.807) is 12.1 Å². The molecule has 2 aromatic carbocycles. The van der Waals surface area contributed by atoms with Gasteiger partial charge in [-0.05, 0) is 56.0 Å². The number of carbonyl (C=O) groups is 2. The molecule has 5 heteroatoms. The Balaban J connectivity index is 1.96. The van der Waals surface area contributed by atoms with Gasteiger partial charge in [0.05, 0.1) is 5.56 Å². The Morgan fingerprint density at radius 3 is 2.47 bits per heavy atom. The van der Waals surface area contributed by atoms with E-state index in [0.29, 0.717) is 11.1 Å². The minimum Gasteiger partial charge on any atom is -0.478 e. The zero-order valence-electron chi connectivity index (χ0n) is 22.1. The lowest BCUT2D eigenvalue weighted by atomic mass is 9.72. The molecule has 2 atom stereocenters. The molecule has 0 saturated carbocycles. The molecule has 0 spiro atoms. The van der Waals surface area contributed by atoms with E-state index in [-0.39, 0.29) is 29.1 Å². The number of aromatic carboxylic acids is 1. The van der Waals surface area contributed by atoms with Crippen LogP contribution in [-0.4, -0.2) is 29.1 Å². The van der Waals surface area contributed by atoms with Gasteiger partial charge in [-0.2, -0.15) is 0 Å². The Bertz CT molecular complexity index is 1310. The first-order valence-corrected chi connectivity index (χ1v) is 12.9. The van der Waals surface area contributed by atoms with Crippen molar-refractivity contribution in [3.63, 3.8) is 0 Å². The van der Waals surface area contributed by atoms with Crippen molar-refractivity contribution in [2.24, 2.45) is 11.8 Å². The summed E-state index contributed by atoms with van der Waals surface area (Å²) in [6.45, 7) is 12.8. The van der Waals surface area contributed by atoms with Gasteiger partial charge in [-0.1, -0.05) is 51.5 Å². The number of nitrogens with one attached hydrogen (secondary N) is 1. The fraction of sp³-hybridized carbons (Fsp3) is 0.387. The zero-order chi connectivity index (χ0) is 26.1. The highest BCUT2D eigenvalue weighted by Gasteiger charge is 2.40. The average molecular weight is 487 g/mol. The molecule has 0 radical (unpaired) electrons. The molecule has 188 valence electrons. The number of aryl methyl sites for hydroxylation is 2. The first-order valence-electron chi connectivity index (χ1n) is 12.9. The van der Waals surface area contributed by atoms with Crippen LogP contribution in [0.2, 0.25) is 0 Å². The van der Waals surface area contributed by atoms with E-state index < -0.39 is 5.97 Å². The Labute approximate surface area is 213 Å². The average Bonchev–Trinajstić information content (AvgIpc) is 2.83. The lowest BCUT2D eigenvalue weighted by molar-refractivity contribution is -0.451. The van der Waals surface area contributed by atoms with Gasteiger partial charge in [0.2, 0.25) is 5.71 Å². The van der Waals surface area contributed by atoms with Gasteiger partial charge in [-0.3, -0.25) is 4.79 Å². The van der Waals surface area contributed by atoms with Crippen molar-refractivity contribution in [1.82, 2.24) is 0 Å². The van der Waals surface area contributed by atoms with Crippen molar-refractivity contribution in [3.05, 3.63) is 87.2 Å². The minimum absolute atomic E-state index is 0.0599. The third-order valence-corrected chi connectivity index (χ3v) is 7.17. The number of hydrogen-bond donors (Lipinski definition) is 2. The van der Waals surface area contributed by atoms with Crippen molar-refractivity contribution in [3.8, 4) is 5.75 Å². The van der Waals surface area contributed by atoms with Gasteiger partial charge in [0.15, 0.2) is 5.78 Å². The Morgan fingerprint density at radius 1 is 1.08 bits per heavy atom. The van der Waals surface area contributed by atoms with Crippen LogP contribution in [0.15, 0.2) is 53.8 Å². The number of ether oxygens (including phenoxy) is 1. The topological polar surface area (TPSA) is 77.6 Å². The number of hydrogen-bond acceptors (Lipinski definition) is 3. The molecule has 5 nitrogen and oxygen atoms in total. The highest BCUT2D eigenvalue weighted by Crippen LogP contribution is 2.49. The van der Waals surface area contributed by atoms with Gasteiger partial charge in [0.25, 0.3) is 0 Å². The third-order valence-electron chi connectivity index (χ3n) is 7.17. The molecule has 4 rings (SSSR count). The summed E-state index contributed by atoms with van der Waals surface area (Å²) in [5.74, 6) is -0.117. The quantitative estimate of drug-likeness (QED) is 0.540. The number of fused-ring (bicyclic) bond motifs is 2. The van der Waals surface area contributed by atoms with Crippen LogP contribution in [0.1, 0.15) is 89.9 Å². The van der Waals surface area contributed by atoms with Crippen LogP contribution in [0.25, 0.3) is 0 Å². The molecule has 1 aliphatic carbocycles. The van der Waals surface area contributed by atoms with Crippen molar-refractivity contribution < 1.29 is 24.4 Å². The van der Waals surface area contributed by atoms with Crippen LogP contribution in [0.5, 0.6) is 5.75 Å². The lowest BCUT2D eigenvalue weighted by Gasteiger charge is -2.37. The summed E-state index contributed by atoms with van der Waals surface area (Å²) >= 11 is 0. The van der Waals surface area contributed by atoms with Crippen molar-refractivity contribution in [2.75, 3.05) is 6.54 Å². The number of carbonyl (C=O) groups excluding carboxylic acids is 1. The van der Waals surface area contributed by atoms with Crippen molar-refractivity contribution in [2.45, 2.75) is 60.3 Å². The fourth-order valence-electron chi connectivity index (χ4n) is 5.34. The smallest absolute Gasteiger partial charge is 0.336 e. The molecule has 0 bridgehead atoms. The Kier molecular flexibility index (Phi) is 7.30. The molecule has 0 aromatic heterocycles. The fourth-order valence-corrected chi connectivity index (χ4v) is 5.34. The van der Waals surface area contributed by atoms with Gasteiger partial charge < -0.3 is 9.84 Å². The van der Waals surface area contributed by atoms with Gasteiger partial charge in [0.1, 0.15) is 18.1 Å². The molecule has 0 amide bonds. The summed E-state index contributed by atoms with van der Waals surface area (Å²) in [4.78, 5) is 28.6. The monoisotopic (exact) mass is 486 g/mol. The molecular weight excluding hydrogens is 450 g/mol. The van der Waals surface area contributed by atoms with Crippen LogP contribution >= 0.6 is 0 Å². The second-order valence-corrected chi connectivity index (χ2v) is 10.1. The van der Waals surface area contributed by atoms with E-state index in [0.717, 1.165) is 47.7 Å². The predicted octanol–water partition coefficient (Wildman–Crippen LogP) is 5.01. The number of benzene rings is 2. The molecular formula is C31H36NO4+. The zero-order valence-corrected chi connectivity index (χ0v) is 22.1. The Hall–Kier alpha value is -3.47. The van der Waals surface area contributed by atoms with E-state index in [1.807, 2.05) is 19.9 Å². The maximum Gasteiger partial charge on any atom is 0.336 e. The molecule has 2 N–H and O–H groups in total. The molecule has 0 fully saturated rings. The number of rotatable bonds is 7. The van der Waals surface area contributed by atoms with Gasteiger partial charge in [-0.15, -0.1) is 0 Å². The highest BCUT2D eigenvalue weighted by atomic mass is 16.5. The molecule has 2 aliphatic rings. The van der Waals surface area contributed by atoms with E-state index >= 15 is 0 Å². The van der Waals surface area contributed by atoms with Crippen LogP contribution in [0, 0.1) is 18.8 Å². The van der Waals surface area contributed by atoms with Crippen molar-refractivity contribution in [1.29, 1.82) is 0 Å². The normalized spacial score (nSPS) is 19.8. The molecule has 36 heavy (non-hydrogen) atoms. The highest BCUT2D eigenvalue weighted by molar-refractivity contribution is 6.05. The number of carboxylic acids is 1. The van der Waals surface area contributed by atoms with Crippen molar-refractivity contribution >= 4 is 17.5 Å². The lowest BCUT2D eigenvalue weighted by Crippen LogP contribution is -2.72. The summed E-state index contributed by atoms with van der Waals surface area (Å²) in [5.41, 5.74) is 6.81. The molecule has 0 saturated heterocycles. The standard InChI is InChI=1S/C31H35NO4/c1-7-9-20-15-27-24(12-18(20)5)29(25-13-19(6)26(32-8-2)16-28(25)36-27)22-11-10-21(30(33)17(3)4)14-23(22)31(34)35/h10-17,25,29H,7-9H2,1-6H3,(H,34,35)/p+1. The summed E-state index contributed by atoms with van der Waals surface area (Å²) in [7, 11) is 0. The number of allylic oxidation sites excluding steroid dienone is 3. The van der Waals surface area contributed by atoms with E-state index in [1.165, 1.54) is 11.1 Å². The molecule has 2 unspecified atom stereocenters. The molecule has 1 heterocycles. The first kappa shape index (κ1) is 25.6. The van der Waals surface area contributed by atoms with Crippen LogP contribution in [0.3, 0.4) is 0 Å². The summed E-state index contributed by atoms with van der Waals surface area (Å²) < 4.78 is 6.50. The second-order valence-electron chi connectivity index (χ2n) is 10.1. The minimum atomic E-state index is -1.03. The SMILES string of the molecule is CCCc1cc2c(cc1C)C(c1ccc(C(=O)C(C)C)cc1C(=O)O)C1C=C(C)C(=[NH+]CC)C=C1O2. The second kappa shape index (κ2) is 10.3. The van der Waals surface area contributed by atoms with Gasteiger partial charge >= 0.3 is 5.97 Å². The van der Waals surface area contributed by atoms with E-state index in [9.17, 15) is 14.7 Å². The van der Waals surface area contributed by atoms with Gasteiger partial charge in [-0.25, -0.2) is 9.79 Å². The molecule has 2 aromatic rings. The number of Topliss-reactive ketones (excluding diaryl/α,β-unsaturated/α-hetero) is 1. The maximum atomic E-state index is 12.7. The summed E-state index contributed by atoms with van der Waals surface area (Å²) in [6, 6.07) is 9.43. The largest absolute Gasteiger partial charge is 0.478 e. The third kappa shape index (κ3) is 4.67. The Morgan fingerprint density at radius 2 is 1.83 bits per heavy atom. The summed E-state index contributed by atoms with van der Waals surface area (Å²) in [6.07, 6.45) is 6.21. The van der Waals surface area contributed by atoms with Crippen LogP contribution in [-0.2, 0) is 6.42 Å². The number of ketones is 1. The van der Waals surface area contributed by atoms with E-state index in [2.05, 4.69) is 57.0 Å². The van der Waals surface area contributed by atoms with Crippen LogP contribution < -0.4 is 9.73 Å². The number of carboxylic acid groups (broad SMARTS) is 1. The summed E-state index contributed by atoms with van der Waals surface area (Å²) in [5, 5.41) is 10.2. The van der Waals surface area contributed by atoms with Gasteiger partial charge in [0, 0.05) is 40.5 Å². The maximum absolute atomic E-state index is 12.7. The van der Waals surface area contributed by atoms with Crippen LogP contribution in [0.4, 0.5) is 0 Å².